The van der Waals surface area contributed by atoms with Crippen LogP contribution in [0.5, 0.6) is 0 Å². The molecular weight excluding hydrogens is 170 g/mol. The van der Waals surface area contributed by atoms with E-state index < -0.39 is 0 Å². The van der Waals surface area contributed by atoms with Crippen molar-refractivity contribution >= 4 is 5.69 Å². The van der Waals surface area contributed by atoms with Crippen LogP contribution in [0.1, 0.15) is 24.3 Å². The molecule has 0 saturated carbocycles. The van der Waals surface area contributed by atoms with Gasteiger partial charge in [0.2, 0.25) is 0 Å². The minimum Gasteiger partial charge on any atom is -0.384 e. The maximum absolute atomic E-state index is 3.53. The highest BCUT2D eigenvalue weighted by atomic mass is 14.9. The van der Waals surface area contributed by atoms with Gasteiger partial charge in [0.25, 0.3) is 0 Å². The Balaban J connectivity index is 2.07. The number of para-hydroxylation sites is 1. The van der Waals surface area contributed by atoms with E-state index in [-0.39, 0.29) is 0 Å². The van der Waals surface area contributed by atoms with Crippen molar-refractivity contribution in [3.05, 3.63) is 42.0 Å². The third kappa shape index (κ3) is 1.16. The van der Waals surface area contributed by atoms with E-state index in [1.54, 1.807) is 0 Å². The monoisotopic (exact) mass is 185 g/mol. The fourth-order valence-corrected chi connectivity index (χ4v) is 2.67. The molecule has 0 aromatic heterocycles. The molecule has 2 aliphatic rings. The summed E-state index contributed by atoms with van der Waals surface area (Å²) < 4.78 is 0. The van der Waals surface area contributed by atoms with Crippen LogP contribution < -0.4 is 5.32 Å². The van der Waals surface area contributed by atoms with Crippen molar-refractivity contribution in [3.8, 4) is 0 Å². The first-order chi connectivity index (χ1) is 6.95. The third-order valence-electron chi connectivity index (χ3n) is 3.43. The van der Waals surface area contributed by atoms with E-state index in [9.17, 15) is 0 Å². The van der Waals surface area contributed by atoms with Gasteiger partial charge >= 0.3 is 0 Å². The Morgan fingerprint density at radius 3 is 3.14 bits per heavy atom. The summed E-state index contributed by atoms with van der Waals surface area (Å²) in [4.78, 5) is 0. The molecule has 2 unspecified atom stereocenters. The highest BCUT2D eigenvalue weighted by molar-refractivity contribution is 5.56. The number of anilines is 1. The average Bonchev–Trinajstić information content (AvgIpc) is 2.29. The molecule has 0 bridgehead atoms. The molecule has 1 aromatic carbocycles. The Bertz CT molecular complexity index is 367. The van der Waals surface area contributed by atoms with Crippen molar-refractivity contribution in [2.45, 2.75) is 18.8 Å². The minimum atomic E-state index is 0.668. The van der Waals surface area contributed by atoms with E-state index in [1.165, 1.54) is 24.1 Å². The van der Waals surface area contributed by atoms with Crippen LogP contribution in [0.2, 0.25) is 0 Å². The molecule has 1 nitrogen and oxygen atoms in total. The summed E-state index contributed by atoms with van der Waals surface area (Å²) in [6, 6.07) is 8.70. The predicted octanol–water partition coefficient (Wildman–Crippen LogP) is 3.16. The van der Waals surface area contributed by atoms with Crippen LogP contribution in [0.4, 0.5) is 5.69 Å². The molecule has 14 heavy (non-hydrogen) atoms. The van der Waals surface area contributed by atoms with Crippen LogP contribution in [0.15, 0.2) is 36.4 Å². The fourth-order valence-electron chi connectivity index (χ4n) is 2.67. The van der Waals surface area contributed by atoms with Crippen LogP contribution in [-0.4, -0.2) is 6.54 Å². The third-order valence-corrected chi connectivity index (χ3v) is 3.43. The van der Waals surface area contributed by atoms with E-state index in [4.69, 9.17) is 0 Å². The molecule has 0 saturated heterocycles. The van der Waals surface area contributed by atoms with Crippen LogP contribution in [0.3, 0.4) is 0 Å². The molecule has 3 rings (SSSR count). The van der Waals surface area contributed by atoms with Gasteiger partial charge in [-0.1, -0.05) is 30.4 Å². The Hall–Kier alpha value is -1.24. The van der Waals surface area contributed by atoms with E-state index >= 15 is 0 Å². The van der Waals surface area contributed by atoms with Crippen molar-refractivity contribution in [1.82, 2.24) is 0 Å². The van der Waals surface area contributed by atoms with Crippen LogP contribution in [-0.2, 0) is 0 Å². The number of benzene rings is 1. The lowest BCUT2D eigenvalue weighted by atomic mass is 9.77. The Morgan fingerprint density at radius 1 is 1.21 bits per heavy atom. The van der Waals surface area contributed by atoms with Gasteiger partial charge in [0, 0.05) is 18.2 Å². The van der Waals surface area contributed by atoms with Crippen molar-refractivity contribution in [3.63, 3.8) is 0 Å². The molecule has 2 atom stereocenters. The Labute approximate surface area is 84.8 Å². The topological polar surface area (TPSA) is 12.0 Å². The first-order valence-electron chi connectivity index (χ1n) is 5.44. The van der Waals surface area contributed by atoms with Gasteiger partial charge < -0.3 is 5.32 Å². The first-order valence-corrected chi connectivity index (χ1v) is 5.44. The van der Waals surface area contributed by atoms with Gasteiger partial charge in [-0.2, -0.15) is 0 Å². The van der Waals surface area contributed by atoms with Gasteiger partial charge in [0.15, 0.2) is 0 Å². The maximum atomic E-state index is 3.53. The van der Waals surface area contributed by atoms with Crippen LogP contribution >= 0.6 is 0 Å². The molecule has 0 radical (unpaired) electrons. The zero-order valence-corrected chi connectivity index (χ0v) is 8.24. The highest BCUT2D eigenvalue weighted by Gasteiger charge is 2.28. The smallest absolute Gasteiger partial charge is 0.0378 e. The van der Waals surface area contributed by atoms with E-state index in [1.807, 2.05) is 0 Å². The summed E-state index contributed by atoms with van der Waals surface area (Å²) in [5, 5.41) is 3.53. The van der Waals surface area contributed by atoms with Gasteiger partial charge in [-0.15, -0.1) is 0 Å². The first kappa shape index (κ1) is 8.10. The quantitative estimate of drug-likeness (QED) is 0.612. The van der Waals surface area contributed by atoms with Crippen LogP contribution in [0.25, 0.3) is 0 Å². The zero-order chi connectivity index (χ0) is 9.38. The van der Waals surface area contributed by atoms with Gasteiger partial charge in [0.1, 0.15) is 0 Å². The zero-order valence-electron chi connectivity index (χ0n) is 8.24. The lowest BCUT2D eigenvalue weighted by Crippen LogP contribution is -2.28. The maximum Gasteiger partial charge on any atom is 0.0378 e. The largest absolute Gasteiger partial charge is 0.384 e. The molecule has 1 aliphatic heterocycles. The van der Waals surface area contributed by atoms with Crippen molar-refractivity contribution in [2.75, 3.05) is 11.9 Å². The van der Waals surface area contributed by atoms with Gasteiger partial charge in [0.05, 0.1) is 0 Å². The molecule has 72 valence electrons. The number of hydrogen-bond donors (Lipinski definition) is 1. The number of nitrogens with one attached hydrogen (secondary N) is 1. The number of hydrogen-bond acceptors (Lipinski definition) is 1. The lowest BCUT2D eigenvalue weighted by Gasteiger charge is -2.34. The van der Waals surface area contributed by atoms with E-state index in [0.29, 0.717) is 5.92 Å². The second-order valence-electron chi connectivity index (χ2n) is 4.26. The number of allylic oxidation sites excluding steroid dienone is 2. The molecule has 1 heteroatoms. The molecular formula is C13H15N. The van der Waals surface area contributed by atoms with Gasteiger partial charge in [-0.05, 0) is 30.4 Å². The van der Waals surface area contributed by atoms with Crippen molar-refractivity contribution in [2.24, 2.45) is 5.92 Å². The molecule has 1 heterocycles. The van der Waals surface area contributed by atoms with E-state index in [2.05, 4.69) is 41.7 Å². The molecule has 0 fully saturated rings. The summed E-state index contributed by atoms with van der Waals surface area (Å²) in [6.07, 6.45) is 7.32. The molecule has 1 N–H and O–H groups in total. The van der Waals surface area contributed by atoms with Crippen molar-refractivity contribution in [1.29, 1.82) is 0 Å². The Kier molecular flexibility index (Phi) is 1.83. The standard InChI is InChI=1S/C13H15N/c1-2-6-11-10(5-1)9-14-13-8-4-3-7-12(11)13/h2-4,6-8,10-11,14H,1,5,9H2. The summed E-state index contributed by atoms with van der Waals surface area (Å²) >= 11 is 0. The number of rotatable bonds is 0. The van der Waals surface area contributed by atoms with Crippen LogP contribution in [0, 0.1) is 5.92 Å². The summed E-state index contributed by atoms with van der Waals surface area (Å²) in [6.45, 7) is 1.14. The lowest BCUT2D eigenvalue weighted by molar-refractivity contribution is 0.439. The van der Waals surface area contributed by atoms with Gasteiger partial charge in [-0.25, -0.2) is 0 Å². The predicted molar refractivity (Wildman–Crippen MR) is 59.5 cm³/mol. The second-order valence-corrected chi connectivity index (χ2v) is 4.26. The Morgan fingerprint density at radius 2 is 2.14 bits per heavy atom. The molecule has 0 amide bonds. The van der Waals surface area contributed by atoms with E-state index in [0.717, 1.165) is 12.5 Å². The fraction of sp³-hybridized carbons (Fsp3) is 0.385. The molecule has 1 aromatic rings. The average molecular weight is 185 g/mol. The summed E-state index contributed by atoms with van der Waals surface area (Å²) in [5.41, 5.74) is 2.82. The normalized spacial score (nSPS) is 28.9. The number of fused-ring (bicyclic) bond motifs is 3. The summed E-state index contributed by atoms with van der Waals surface area (Å²) in [5.74, 6) is 1.48. The minimum absolute atomic E-state index is 0.668. The highest BCUT2D eigenvalue weighted by Crippen LogP contribution is 2.40. The summed E-state index contributed by atoms with van der Waals surface area (Å²) in [7, 11) is 0. The van der Waals surface area contributed by atoms with Gasteiger partial charge in [-0.3, -0.25) is 0 Å². The van der Waals surface area contributed by atoms with Crippen molar-refractivity contribution < 1.29 is 0 Å². The molecule has 1 aliphatic carbocycles. The second kappa shape index (κ2) is 3.16. The molecule has 0 spiro atoms. The SMILES string of the molecule is C1=CC2c3ccccc3NCC2CC1.